The molecule has 0 fully saturated rings. The first-order valence-corrected chi connectivity index (χ1v) is 5.02. The lowest BCUT2D eigenvalue weighted by Crippen LogP contribution is -1.89. The van der Waals surface area contributed by atoms with E-state index >= 15 is 0 Å². The van der Waals surface area contributed by atoms with Crippen LogP contribution < -0.4 is 5.73 Å². The molecule has 80 valence electrons. The number of oxazole rings is 1. The number of hydrogen-bond acceptors (Lipinski definition) is 3. The topological polar surface area (TPSA) is 57.0 Å². The van der Waals surface area contributed by atoms with Crippen LogP contribution in [0.15, 0.2) is 40.9 Å². The molecule has 1 aromatic carbocycles. The molecular formula is C12H11N3O. The van der Waals surface area contributed by atoms with Crippen LogP contribution in [-0.2, 0) is 7.05 Å². The molecule has 0 amide bonds. The quantitative estimate of drug-likeness (QED) is 0.675. The van der Waals surface area contributed by atoms with Crippen molar-refractivity contribution in [2.45, 2.75) is 0 Å². The Hall–Kier alpha value is -2.23. The first kappa shape index (κ1) is 9.03. The second-order valence-corrected chi connectivity index (χ2v) is 3.71. The highest BCUT2D eigenvalue weighted by Gasteiger charge is 2.10. The number of para-hydroxylation sites is 1. The third-order valence-corrected chi connectivity index (χ3v) is 2.73. The summed E-state index contributed by atoms with van der Waals surface area (Å²) in [6.07, 6.45) is 1.64. The zero-order chi connectivity index (χ0) is 11.1. The largest absolute Gasteiger partial charge is 0.422 e. The summed E-state index contributed by atoms with van der Waals surface area (Å²) in [5, 5.41) is 1.18. The Morgan fingerprint density at radius 1 is 1.31 bits per heavy atom. The number of benzene rings is 1. The number of rotatable bonds is 1. The maximum absolute atomic E-state index is 5.47. The predicted molar refractivity (Wildman–Crippen MR) is 62.8 cm³/mol. The molecule has 0 aliphatic rings. The average Bonchev–Trinajstić information content (AvgIpc) is 2.84. The summed E-state index contributed by atoms with van der Waals surface area (Å²) in [6.45, 7) is 0. The van der Waals surface area contributed by atoms with Gasteiger partial charge in [0.15, 0.2) is 5.76 Å². The molecule has 4 heteroatoms. The molecule has 2 aromatic heterocycles. The molecule has 0 bridgehead atoms. The van der Waals surface area contributed by atoms with Crippen LogP contribution in [0.1, 0.15) is 0 Å². The van der Waals surface area contributed by atoms with Crippen molar-refractivity contribution in [3.8, 4) is 11.5 Å². The second-order valence-electron chi connectivity index (χ2n) is 3.71. The molecule has 4 nitrogen and oxygen atoms in total. The van der Waals surface area contributed by atoms with Gasteiger partial charge in [-0.2, -0.15) is 0 Å². The van der Waals surface area contributed by atoms with Gasteiger partial charge in [-0.1, -0.05) is 18.2 Å². The zero-order valence-corrected chi connectivity index (χ0v) is 8.84. The third kappa shape index (κ3) is 1.20. The van der Waals surface area contributed by atoms with Crippen molar-refractivity contribution >= 4 is 16.9 Å². The first-order chi connectivity index (χ1) is 7.75. The lowest BCUT2D eigenvalue weighted by atomic mass is 10.2. The fourth-order valence-corrected chi connectivity index (χ4v) is 1.93. The first-order valence-electron chi connectivity index (χ1n) is 5.02. The number of fused-ring (bicyclic) bond motifs is 1. The van der Waals surface area contributed by atoms with Crippen molar-refractivity contribution in [3.05, 3.63) is 36.5 Å². The molecular weight excluding hydrogens is 202 g/mol. The standard InChI is InChI=1S/C12H11N3O/c1-15-9-5-3-2-4-8(9)6-10(15)11-7-14-12(13)16-11/h2-7H,1H3,(H2,13,14). The Balaban J connectivity index is 2.28. The van der Waals surface area contributed by atoms with E-state index in [-0.39, 0.29) is 6.01 Å². The Morgan fingerprint density at radius 2 is 2.12 bits per heavy atom. The Labute approximate surface area is 92.3 Å². The van der Waals surface area contributed by atoms with Crippen molar-refractivity contribution in [2.24, 2.45) is 7.05 Å². The Kier molecular flexibility index (Phi) is 1.77. The van der Waals surface area contributed by atoms with E-state index in [1.807, 2.05) is 19.2 Å². The maximum atomic E-state index is 5.47. The van der Waals surface area contributed by atoms with Gasteiger partial charge in [-0.3, -0.25) is 0 Å². The van der Waals surface area contributed by atoms with E-state index < -0.39 is 0 Å². The van der Waals surface area contributed by atoms with Crippen molar-refractivity contribution in [3.63, 3.8) is 0 Å². The highest BCUT2D eigenvalue weighted by atomic mass is 16.4. The molecule has 0 saturated heterocycles. The molecule has 3 aromatic rings. The molecule has 0 saturated carbocycles. The minimum atomic E-state index is 0.195. The fraction of sp³-hybridized carbons (Fsp3) is 0.0833. The fourth-order valence-electron chi connectivity index (χ4n) is 1.93. The van der Waals surface area contributed by atoms with Gasteiger partial charge in [-0.25, -0.2) is 4.98 Å². The van der Waals surface area contributed by atoms with E-state index in [0.717, 1.165) is 11.2 Å². The number of nitrogens with zero attached hydrogens (tertiary/aromatic N) is 2. The summed E-state index contributed by atoms with van der Waals surface area (Å²) in [5.74, 6) is 0.691. The molecule has 0 atom stereocenters. The summed E-state index contributed by atoms with van der Waals surface area (Å²) in [7, 11) is 2.00. The number of hydrogen-bond donors (Lipinski definition) is 1. The molecule has 0 radical (unpaired) electrons. The van der Waals surface area contributed by atoms with Crippen LogP contribution in [-0.4, -0.2) is 9.55 Å². The number of nitrogens with two attached hydrogens (primary N) is 1. The van der Waals surface area contributed by atoms with E-state index in [1.165, 1.54) is 5.39 Å². The van der Waals surface area contributed by atoms with Gasteiger partial charge in [0.25, 0.3) is 6.01 Å². The Bertz CT molecular complexity index is 651. The highest BCUT2D eigenvalue weighted by Crippen LogP contribution is 2.27. The van der Waals surface area contributed by atoms with Crippen LogP contribution in [0, 0.1) is 0 Å². The highest BCUT2D eigenvalue weighted by molar-refractivity contribution is 5.85. The van der Waals surface area contributed by atoms with Crippen molar-refractivity contribution in [1.29, 1.82) is 0 Å². The van der Waals surface area contributed by atoms with Crippen molar-refractivity contribution in [1.82, 2.24) is 9.55 Å². The van der Waals surface area contributed by atoms with Crippen LogP contribution in [0.25, 0.3) is 22.4 Å². The van der Waals surface area contributed by atoms with Gasteiger partial charge in [0.2, 0.25) is 0 Å². The van der Waals surface area contributed by atoms with Gasteiger partial charge >= 0.3 is 0 Å². The van der Waals surface area contributed by atoms with Crippen LogP contribution in [0.5, 0.6) is 0 Å². The van der Waals surface area contributed by atoms with Gasteiger partial charge in [-0.15, -0.1) is 0 Å². The number of aromatic nitrogens is 2. The molecule has 16 heavy (non-hydrogen) atoms. The van der Waals surface area contributed by atoms with Gasteiger partial charge in [0, 0.05) is 18.0 Å². The van der Waals surface area contributed by atoms with Crippen LogP contribution in [0.2, 0.25) is 0 Å². The van der Waals surface area contributed by atoms with Gasteiger partial charge < -0.3 is 14.7 Å². The normalized spacial score (nSPS) is 11.1. The van der Waals surface area contributed by atoms with E-state index in [2.05, 4.69) is 27.8 Å². The van der Waals surface area contributed by atoms with Crippen molar-refractivity contribution < 1.29 is 4.42 Å². The number of anilines is 1. The van der Waals surface area contributed by atoms with Gasteiger partial charge in [0.1, 0.15) is 0 Å². The lowest BCUT2D eigenvalue weighted by Gasteiger charge is -1.99. The maximum Gasteiger partial charge on any atom is 0.292 e. The summed E-state index contributed by atoms with van der Waals surface area (Å²) < 4.78 is 7.39. The predicted octanol–water partition coefficient (Wildman–Crippen LogP) is 2.42. The summed E-state index contributed by atoms with van der Waals surface area (Å²) >= 11 is 0. The van der Waals surface area contributed by atoms with Gasteiger partial charge in [0.05, 0.1) is 11.9 Å². The van der Waals surface area contributed by atoms with E-state index in [1.54, 1.807) is 6.20 Å². The molecule has 3 rings (SSSR count). The monoisotopic (exact) mass is 213 g/mol. The van der Waals surface area contributed by atoms with Crippen molar-refractivity contribution in [2.75, 3.05) is 5.73 Å². The Morgan fingerprint density at radius 3 is 2.81 bits per heavy atom. The minimum absolute atomic E-state index is 0.195. The summed E-state index contributed by atoms with van der Waals surface area (Å²) in [6, 6.07) is 10.4. The smallest absolute Gasteiger partial charge is 0.292 e. The molecule has 0 aliphatic carbocycles. The SMILES string of the molecule is Cn1c(-c2cnc(N)o2)cc2ccccc21. The minimum Gasteiger partial charge on any atom is -0.422 e. The van der Waals surface area contributed by atoms with E-state index in [4.69, 9.17) is 10.2 Å². The zero-order valence-electron chi connectivity index (χ0n) is 8.84. The molecule has 0 unspecified atom stereocenters. The van der Waals surface area contributed by atoms with Crippen LogP contribution in [0.3, 0.4) is 0 Å². The second kappa shape index (κ2) is 3.13. The molecule has 0 spiro atoms. The van der Waals surface area contributed by atoms with E-state index in [9.17, 15) is 0 Å². The number of aryl methyl sites for hydroxylation is 1. The van der Waals surface area contributed by atoms with Crippen LogP contribution >= 0.6 is 0 Å². The average molecular weight is 213 g/mol. The summed E-state index contributed by atoms with van der Waals surface area (Å²) in [5.41, 5.74) is 7.61. The lowest BCUT2D eigenvalue weighted by molar-refractivity contribution is 0.590. The molecule has 0 aliphatic heterocycles. The van der Waals surface area contributed by atoms with Crippen LogP contribution in [0.4, 0.5) is 6.01 Å². The van der Waals surface area contributed by atoms with Gasteiger partial charge in [-0.05, 0) is 12.1 Å². The molecule has 2 N–H and O–H groups in total. The van der Waals surface area contributed by atoms with E-state index in [0.29, 0.717) is 5.76 Å². The number of nitrogen functional groups attached to an aromatic ring is 1. The third-order valence-electron chi connectivity index (χ3n) is 2.73. The summed E-state index contributed by atoms with van der Waals surface area (Å²) in [4.78, 5) is 3.90. The molecule has 2 heterocycles.